The molecule has 16 heavy (non-hydrogen) atoms. The Balaban J connectivity index is 2.68. The minimum absolute atomic E-state index is 0.0356. The van der Waals surface area contributed by atoms with Crippen LogP contribution < -0.4 is 5.48 Å². The molecule has 0 bridgehead atoms. The first kappa shape index (κ1) is 12.7. The zero-order valence-corrected chi connectivity index (χ0v) is 9.49. The van der Waals surface area contributed by atoms with E-state index in [4.69, 9.17) is 21.5 Å². The Bertz CT molecular complexity index is 373. The quantitative estimate of drug-likeness (QED) is 0.453. The number of hydrogen-bond acceptors (Lipinski definition) is 5. The summed E-state index contributed by atoms with van der Waals surface area (Å²) in [6, 6.07) is 0. The molecular formula is C9H12ClN3O3. The summed E-state index contributed by atoms with van der Waals surface area (Å²) in [5.41, 5.74) is 2.37. The number of carboxylic acid groups (broad SMARTS) is 1. The normalized spacial score (nSPS) is 10.1. The highest BCUT2D eigenvalue weighted by Crippen LogP contribution is 2.14. The Morgan fingerprint density at radius 3 is 3.06 bits per heavy atom. The highest BCUT2D eigenvalue weighted by molar-refractivity contribution is 6.28. The van der Waals surface area contributed by atoms with Crippen molar-refractivity contribution in [2.24, 2.45) is 0 Å². The Morgan fingerprint density at radius 2 is 2.44 bits per heavy atom. The molecule has 0 spiro atoms. The Kier molecular flexibility index (Phi) is 4.94. The maximum absolute atomic E-state index is 10.8. The largest absolute Gasteiger partial charge is 0.477 e. The minimum atomic E-state index is -1.14. The van der Waals surface area contributed by atoms with Crippen LogP contribution in [-0.2, 0) is 4.84 Å². The number of aromatic nitrogens is 2. The second-order valence-electron chi connectivity index (χ2n) is 3.01. The predicted octanol–water partition coefficient (Wildman–Crippen LogP) is 1.97. The van der Waals surface area contributed by atoms with Gasteiger partial charge in [-0.05, 0) is 18.0 Å². The number of carbonyl (C=O) groups is 1. The maximum Gasteiger partial charge on any atom is 0.341 e. The molecule has 0 atom stereocenters. The molecule has 1 rings (SSSR count). The van der Waals surface area contributed by atoms with Gasteiger partial charge in [0.25, 0.3) is 0 Å². The molecule has 0 unspecified atom stereocenters. The SMILES string of the molecule is CCCCONc1nc(Cl)ncc1C(=O)O. The second kappa shape index (κ2) is 6.24. The van der Waals surface area contributed by atoms with E-state index in [-0.39, 0.29) is 16.7 Å². The third kappa shape index (κ3) is 3.63. The Hall–Kier alpha value is -1.40. The van der Waals surface area contributed by atoms with Gasteiger partial charge in [0.1, 0.15) is 5.56 Å². The summed E-state index contributed by atoms with van der Waals surface area (Å²) >= 11 is 5.55. The van der Waals surface area contributed by atoms with Crippen LogP contribution in [-0.4, -0.2) is 27.7 Å². The van der Waals surface area contributed by atoms with Gasteiger partial charge in [0.15, 0.2) is 5.82 Å². The summed E-state index contributed by atoms with van der Waals surface area (Å²) < 4.78 is 0. The van der Waals surface area contributed by atoms with Crippen LogP contribution in [0.15, 0.2) is 6.20 Å². The molecular weight excluding hydrogens is 234 g/mol. The number of anilines is 1. The summed E-state index contributed by atoms with van der Waals surface area (Å²) in [6.45, 7) is 2.49. The van der Waals surface area contributed by atoms with Crippen LogP contribution in [0.1, 0.15) is 30.1 Å². The first-order valence-electron chi connectivity index (χ1n) is 4.78. The van der Waals surface area contributed by atoms with Gasteiger partial charge >= 0.3 is 5.97 Å². The van der Waals surface area contributed by atoms with Crippen LogP contribution in [0.4, 0.5) is 5.82 Å². The van der Waals surface area contributed by atoms with E-state index >= 15 is 0 Å². The average Bonchev–Trinajstić information content (AvgIpc) is 2.24. The third-order valence-corrected chi connectivity index (χ3v) is 1.94. The lowest BCUT2D eigenvalue weighted by molar-refractivity contribution is 0.0695. The molecule has 6 nitrogen and oxygen atoms in total. The molecule has 0 saturated carbocycles. The van der Waals surface area contributed by atoms with Crippen molar-refractivity contribution in [3.8, 4) is 0 Å². The molecule has 0 aliphatic carbocycles. The van der Waals surface area contributed by atoms with Crippen LogP contribution in [0.5, 0.6) is 0 Å². The molecule has 0 aromatic carbocycles. The van der Waals surface area contributed by atoms with Crippen molar-refractivity contribution in [2.45, 2.75) is 19.8 Å². The zero-order chi connectivity index (χ0) is 12.0. The van der Waals surface area contributed by atoms with E-state index in [0.29, 0.717) is 6.61 Å². The van der Waals surface area contributed by atoms with Gasteiger partial charge in [-0.15, -0.1) is 0 Å². The number of hydrogen-bond donors (Lipinski definition) is 2. The smallest absolute Gasteiger partial charge is 0.341 e. The highest BCUT2D eigenvalue weighted by Gasteiger charge is 2.12. The molecule has 0 saturated heterocycles. The molecule has 0 aliphatic heterocycles. The molecule has 0 aliphatic rings. The van der Waals surface area contributed by atoms with Crippen molar-refractivity contribution in [1.82, 2.24) is 9.97 Å². The van der Waals surface area contributed by atoms with E-state index in [9.17, 15) is 4.79 Å². The van der Waals surface area contributed by atoms with E-state index in [2.05, 4.69) is 15.4 Å². The number of carboxylic acids is 1. The molecule has 88 valence electrons. The van der Waals surface area contributed by atoms with Gasteiger partial charge in [0.2, 0.25) is 5.28 Å². The maximum atomic E-state index is 10.8. The molecule has 0 amide bonds. The van der Waals surface area contributed by atoms with E-state index in [1.807, 2.05) is 6.92 Å². The van der Waals surface area contributed by atoms with Crippen molar-refractivity contribution < 1.29 is 14.7 Å². The molecule has 0 fully saturated rings. The monoisotopic (exact) mass is 245 g/mol. The van der Waals surface area contributed by atoms with Gasteiger partial charge in [-0.1, -0.05) is 13.3 Å². The number of rotatable bonds is 6. The molecule has 1 heterocycles. The Morgan fingerprint density at radius 1 is 1.69 bits per heavy atom. The molecule has 0 radical (unpaired) electrons. The number of aromatic carboxylic acids is 1. The second-order valence-corrected chi connectivity index (χ2v) is 3.35. The third-order valence-electron chi connectivity index (χ3n) is 1.76. The lowest BCUT2D eigenvalue weighted by Crippen LogP contribution is -2.10. The summed E-state index contributed by atoms with van der Waals surface area (Å²) in [7, 11) is 0. The van der Waals surface area contributed by atoms with Crippen molar-refractivity contribution in [3.05, 3.63) is 17.0 Å². The van der Waals surface area contributed by atoms with Crippen LogP contribution in [0.3, 0.4) is 0 Å². The van der Waals surface area contributed by atoms with Crippen LogP contribution in [0, 0.1) is 0 Å². The molecule has 2 N–H and O–H groups in total. The van der Waals surface area contributed by atoms with Gasteiger partial charge in [-0.3, -0.25) is 4.84 Å². The fraction of sp³-hybridized carbons (Fsp3) is 0.444. The lowest BCUT2D eigenvalue weighted by Gasteiger charge is -2.07. The number of nitrogens with one attached hydrogen (secondary N) is 1. The topological polar surface area (TPSA) is 84.3 Å². The Labute approximate surface area is 97.6 Å². The van der Waals surface area contributed by atoms with Crippen molar-refractivity contribution in [1.29, 1.82) is 0 Å². The van der Waals surface area contributed by atoms with Crippen molar-refractivity contribution in [2.75, 3.05) is 12.1 Å². The van der Waals surface area contributed by atoms with Crippen LogP contribution in [0.25, 0.3) is 0 Å². The number of halogens is 1. The fourth-order valence-corrected chi connectivity index (χ4v) is 1.06. The van der Waals surface area contributed by atoms with E-state index in [0.717, 1.165) is 19.0 Å². The summed E-state index contributed by atoms with van der Waals surface area (Å²) in [6.07, 6.45) is 2.98. The van der Waals surface area contributed by atoms with Gasteiger partial charge < -0.3 is 5.11 Å². The van der Waals surface area contributed by atoms with Crippen molar-refractivity contribution >= 4 is 23.4 Å². The predicted molar refractivity (Wildman–Crippen MR) is 58.5 cm³/mol. The lowest BCUT2D eigenvalue weighted by atomic mass is 10.3. The summed E-state index contributed by atoms with van der Waals surface area (Å²) in [5.74, 6) is -1.08. The van der Waals surface area contributed by atoms with Crippen molar-refractivity contribution in [3.63, 3.8) is 0 Å². The minimum Gasteiger partial charge on any atom is -0.477 e. The number of nitrogens with zero attached hydrogens (tertiary/aromatic N) is 2. The summed E-state index contributed by atoms with van der Waals surface area (Å²) in [5, 5.41) is 8.81. The zero-order valence-electron chi connectivity index (χ0n) is 8.73. The van der Waals surface area contributed by atoms with Gasteiger partial charge in [-0.2, -0.15) is 4.98 Å². The van der Waals surface area contributed by atoms with E-state index in [1.54, 1.807) is 0 Å². The highest BCUT2D eigenvalue weighted by atomic mass is 35.5. The fourth-order valence-electron chi connectivity index (χ4n) is 0.931. The molecule has 7 heteroatoms. The standard InChI is InChI=1S/C9H12ClN3O3/c1-2-3-4-16-13-7-6(8(14)15)5-11-9(10)12-7/h5H,2-4H2,1H3,(H,14,15)(H,11,12,13). The van der Waals surface area contributed by atoms with Crippen LogP contribution in [0.2, 0.25) is 5.28 Å². The average molecular weight is 246 g/mol. The molecule has 1 aromatic heterocycles. The first-order chi connectivity index (χ1) is 7.65. The first-order valence-corrected chi connectivity index (χ1v) is 5.16. The molecule has 1 aromatic rings. The van der Waals surface area contributed by atoms with Gasteiger partial charge in [0, 0.05) is 6.20 Å². The van der Waals surface area contributed by atoms with Crippen LogP contribution >= 0.6 is 11.6 Å². The van der Waals surface area contributed by atoms with E-state index < -0.39 is 5.97 Å². The van der Waals surface area contributed by atoms with Gasteiger partial charge in [0.05, 0.1) is 6.61 Å². The number of unbranched alkanes of at least 4 members (excludes halogenated alkanes) is 1. The van der Waals surface area contributed by atoms with Gasteiger partial charge in [-0.25, -0.2) is 15.3 Å². The van der Waals surface area contributed by atoms with E-state index in [1.165, 1.54) is 0 Å². The summed E-state index contributed by atoms with van der Waals surface area (Å²) in [4.78, 5) is 23.2.